The van der Waals surface area contributed by atoms with E-state index in [0.717, 1.165) is 0 Å². The van der Waals surface area contributed by atoms with Crippen LogP contribution in [0.1, 0.15) is 0 Å². The van der Waals surface area contributed by atoms with E-state index < -0.39 is 186 Å². The van der Waals surface area contributed by atoms with Crippen LogP contribution >= 0.6 is 0 Å². The minimum absolute atomic E-state index is 3.38. The Labute approximate surface area is 300 Å². The molecule has 0 heterocycles. The summed E-state index contributed by atoms with van der Waals surface area (Å²) in [5, 5.41) is 0. The number of hydrogen-bond donors (Lipinski definition) is 0. The van der Waals surface area contributed by atoms with Gasteiger partial charge >= 0.3 is 6.92 Å². The second-order valence-electron chi connectivity index (χ2n) is 11.2. The van der Waals surface area contributed by atoms with Crippen LogP contribution in [0.2, 0.25) is 0 Å². The van der Waals surface area contributed by atoms with Crippen molar-refractivity contribution in [2.75, 3.05) is 0 Å². The van der Waals surface area contributed by atoms with Crippen molar-refractivity contribution >= 4 is 40.6 Å². The van der Waals surface area contributed by atoms with Gasteiger partial charge in [0.25, 0.3) is 0 Å². The molecule has 0 aliphatic carbocycles. The molecular weight excluding hydrogens is 873 g/mol. The highest BCUT2D eigenvalue weighted by Gasteiger charge is 2.53. The molecule has 308 valence electrons. The lowest BCUT2D eigenvalue weighted by atomic mass is 9.25. The topological polar surface area (TPSA) is 9.23 Å². The summed E-state index contributed by atoms with van der Waals surface area (Å²) in [5.41, 5.74) is -18.5. The van der Waals surface area contributed by atoms with Crippen LogP contribution in [0.5, 0.6) is 0 Å². The van der Waals surface area contributed by atoms with Gasteiger partial charge in [-0.05, 0) is 0 Å². The molecule has 0 aliphatic rings. The Morgan fingerprint density at radius 2 is 0.345 bits per heavy atom. The predicted molar refractivity (Wildman–Crippen MR) is 142 cm³/mol. The van der Waals surface area contributed by atoms with Gasteiger partial charge < -0.3 is 4.57 Å². The Morgan fingerprint density at radius 3 is 0.517 bits per heavy atom. The van der Waals surface area contributed by atoms with E-state index >= 15 is 43.9 Å². The molecule has 0 saturated carbocycles. The largest absolute Gasteiger partial charge is 0.639 e. The van der Waals surface area contributed by atoms with Gasteiger partial charge in [-0.15, -0.1) is 0 Å². The summed E-state index contributed by atoms with van der Waals surface area (Å²) in [6.45, 7) is -5.16. The molecule has 0 fully saturated rings. The van der Waals surface area contributed by atoms with Crippen LogP contribution in [0.3, 0.4) is 0 Å². The van der Waals surface area contributed by atoms with Gasteiger partial charge in [-0.1, -0.05) is 16.4 Å². The van der Waals surface area contributed by atoms with Crippen molar-refractivity contribution in [3.8, 4) is 0 Å². The zero-order valence-electron chi connectivity index (χ0n) is 26.0. The van der Waals surface area contributed by atoms with Gasteiger partial charge in [0, 0.05) is 10.9 Å². The standard InChI is InChI=1S/C30B2F25O/c33-6-1(7(34)17(44)26(53)16(6)43)31(2-8(35)18(45)27(54)19(46)9(2)36)58-32(3-10(37)20(47)28(55)21(48)11(3)38,4-12(39)22(49)29(56)23(50)13(4)40)5-14(41)24(51)30(57)25(52)15(5)42/q-1. The first-order valence-electron chi connectivity index (χ1n) is 14.1. The molecule has 0 saturated heterocycles. The summed E-state index contributed by atoms with van der Waals surface area (Å²) in [4.78, 5) is 0. The van der Waals surface area contributed by atoms with Crippen molar-refractivity contribution in [2.24, 2.45) is 0 Å². The quantitative estimate of drug-likeness (QED) is 0.0746. The molecule has 58 heavy (non-hydrogen) atoms. The molecule has 5 aromatic rings. The van der Waals surface area contributed by atoms with Crippen LogP contribution in [-0.2, 0) is 4.57 Å². The van der Waals surface area contributed by atoms with Gasteiger partial charge in [0.1, 0.15) is 34.9 Å². The number of benzene rings is 5. The molecule has 5 rings (SSSR count). The van der Waals surface area contributed by atoms with Crippen LogP contribution in [0.25, 0.3) is 0 Å². The average Bonchev–Trinajstić information content (AvgIpc) is 3.19. The van der Waals surface area contributed by atoms with Crippen molar-refractivity contribution in [3.63, 3.8) is 0 Å². The lowest BCUT2D eigenvalue weighted by Crippen LogP contribution is -2.78. The molecule has 0 spiro atoms. The Morgan fingerprint density at radius 1 is 0.207 bits per heavy atom. The highest BCUT2D eigenvalue weighted by Crippen LogP contribution is 2.31. The molecule has 0 aromatic heterocycles. The molecule has 5 aromatic carbocycles. The van der Waals surface area contributed by atoms with Crippen molar-refractivity contribution in [2.45, 2.75) is 0 Å². The number of halogens is 25. The lowest BCUT2D eigenvalue weighted by molar-refractivity contribution is 0.373. The van der Waals surface area contributed by atoms with E-state index in [0.29, 0.717) is 0 Å². The summed E-state index contributed by atoms with van der Waals surface area (Å²) < 4.78 is 379. The van der Waals surface area contributed by atoms with E-state index in [9.17, 15) is 65.9 Å². The number of hydrogen-bond acceptors (Lipinski definition) is 1. The fourth-order valence-electron chi connectivity index (χ4n) is 5.76. The maximum atomic E-state index is 15.9. The summed E-state index contributed by atoms with van der Waals surface area (Å²) in [6.07, 6.45) is -7.68. The second-order valence-corrected chi connectivity index (χ2v) is 11.2. The monoisotopic (exact) mass is 873 g/mol. The van der Waals surface area contributed by atoms with Gasteiger partial charge in [-0.2, -0.15) is 0 Å². The minimum atomic E-state index is -7.68. The third kappa shape index (κ3) is 5.83. The summed E-state index contributed by atoms with van der Waals surface area (Å²) in [5.74, 6) is -92.3. The molecule has 28 heteroatoms. The van der Waals surface area contributed by atoms with Gasteiger partial charge in [0.15, 0.2) is 111 Å². The Kier molecular flexibility index (Phi) is 11.0. The van der Waals surface area contributed by atoms with E-state index in [-0.39, 0.29) is 0 Å². The maximum absolute atomic E-state index is 15.9. The van der Waals surface area contributed by atoms with Crippen LogP contribution in [-0.4, -0.2) is 13.3 Å². The van der Waals surface area contributed by atoms with Crippen LogP contribution in [0, 0.1) is 145 Å². The minimum Gasteiger partial charge on any atom is -0.639 e. The van der Waals surface area contributed by atoms with Crippen LogP contribution in [0.4, 0.5) is 110 Å². The Bertz CT molecular complexity index is 2250. The SMILES string of the molecule is Fc1c(F)c(F)c(B(O[B-](c2c(F)c(F)c(F)c(F)c2F)(c2c(F)c(F)c(F)c(F)c2F)c2c(F)c(F)c(F)c(F)c2F)c2c(F)c(F)c(F)c(F)c2F)c(F)c1F. The average molecular weight is 873 g/mol. The molecule has 0 atom stereocenters. The van der Waals surface area contributed by atoms with Gasteiger partial charge in [-0.25, -0.2) is 110 Å². The molecule has 0 N–H and O–H groups in total. The summed E-state index contributed by atoms with van der Waals surface area (Å²) in [6, 6.07) is 0. The van der Waals surface area contributed by atoms with Crippen molar-refractivity contribution in [1.82, 2.24) is 0 Å². The number of rotatable bonds is 7. The molecule has 0 amide bonds. The van der Waals surface area contributed by atoms with E-state index in [1.807, 2.05) is 0 Å². The first-order valence-corrected chi connectivity index (χ1v) is 14.1. The zero-order chi connectivity index (χ0) is 44.1. The van der Waals surface area contributed by atoms with Crippen LogP contribution < -0.4 is 27.3 Å². The normalized spacial score (nSPS) is 11.9. The van der Waals surface area contributed by atoms with Gasteiger partial charge in [-0.3, -0.25) is 0 Å². The molecule has 1 nitrogen and oxygen atoms in total. The Balaban J connectivity index is 2.31. The second kappa shape index (κ2) is 14.7. The fraction of sp³-hybridized carbons (Fsp3) is 0. The molecular formula is C30B2F25O-. The maximum Gasteiger partial charge on any atom is 0.329 e. The molecule has 0 aliphatic heterocycles. The van der Waals surface area contributed by atoms with Crippen LogP contribution in [0.15, 0.2) is 0 Å². The molecule has 0 bridgehead atoms. The molecule has 0 radical (unpaired) electrons. The van der Waals surface area contributed by atoms with Gasteiger partial charge in [0.2, 0.25) is 6.35 Å². The summed E-state index contributed by atoms with van der Waals surface area (Å²) in [7, 11) is 0. The first kappa shape index (κ1) is 43.6. The first-order chi connectivity index (χ1) is 26.7. The van der Waals surface area contributed by atoms with E-state index in [2.05, 4.69) is 4.57 Å². The zero-order valence-corrected chi connectivity index (χ0v) is 26.0. The highest BCUT2D eigenvalue weighted by molar-refractivity contribution is 7.11. The fourth-order valence-corrected chi connectivity index (χ4v) is 5.76. The third-order valence-electron chi connectivity index (χ3n) is 8.30. The van der Waals surface area contributed by atoms with Gasteiger partial charge in [0.05, 0.1) is 0 Å². The van der Waals surface area contributed by atoms with E-state index in [4.69, 9.17) is 0 Å². The third-order valence-corrected chi connectivity index (χ3v) is 8.30. The van der Waals surface area contributed by atoms with Crippen molar-refractivity contribution in [3.05, 3.63) is 145 Å². The highest BCUT2D eigenvalue weighted by atomic mass is 19.2. The van der Waals surface area contributed by atoms with E-state index in [1.165, 1.54) is 0 Å². The smallest absolute Gasteiger partial charge is 0.329 e. The van der Waals surface area contributed by atoms with Crippen molar-refractivity contribution < 1.29 is 114 Å². The van der Waals surface area contributed by atoms with Crippen molar-refractivity contribution in [1.29, 1.82) is 0 Å². The lowest BCUT2D eigenvalue weighted by Gasteiger charge is -2.47. The molecule has 0 unspecified atom stereocenters. The summed E-state index contributed by atoms with van der Waals surface area (Å²) >= 11 is 0. The Hall–Kier alpha value is -5.56. The predicted octanol–water partition coefficient (Wildman–Crippen LogP) is 6.95. The van der Waals surface area contributed by atoms with E-state index in [1.54, 1.807) is 0 Å².